The molecule has 3 rings (SSSR count). The first kappa shape index (κ1) is 15.5. The standard InChI is InChI=1S/C17H14O7/c1-23-17-12(20)6-13-14(16(17)22)15(21)9(7-24-13)4-8-2-3-10(18)11(19)5-8/h2-6,18-20,22H,7H2,1H3. The molecule has 0 unspecified atom stereocenters. The Morgan fingerprint density at radius 1 is 1.08 bits per heavy atom. The first-order valence-corrected chi connectivity index (χ1v) is 6.95. The van der Waals surface area contributed by atoms with Crippen LogP contribution in [-0.4, -0.2) is 39.9 Å². The lowest BCUT2D eigenvalue weighted by Gasteiger charge is -2.21. The van der Waals surface area contributed by atoms with Gasteiger partial charge in [0.1, 0.15) is 17.9 Å². The lowest BCUT2D eigenvalue weighted by atomic mass is 9.96. The monoisotopic (exact) mass is 330 g/mol. The number of carbonyl (C=O) groups is 1. The highest BCUT2D eigenvalue weighted by atomic mass is 16.5. The molecule has 2 aromatic carbocycles. The van der Waals surface area contributed by atoms with Crippen molar-refractivity contribution in [2.24, 2.45) is 0 Å². The second-order valence-corrected chi connectivity index (χ2v) is 5.19. The van der Waals surface area contributed by atoms with Gasteiger partial charge < -0.3 is 29.9 Å². The molecule has 0 saturated heterocycles. The van der Waals surface area contributed by atoms with Crippen LogP contribution in [0, 0.1) is 0 Å². The lowest BCUT2D eigenvalue weighted by molar-refractivity contribution is 0.0996. The van der Waals surface area contributed by atoms with Gasteiger partial charge in [-0.15, -0.1) is 0 Å². The molecule has 0 atom stereocenters. The van der Waals surface area contributed by atoms with Crippen LogP contribution in [0.5, 0.6) is 34.5 Å². The minimum absolute atomic E-state index is 0.0569. The van der Waals surface area contributed by atoms with E-state index in [1.807, 2.05) is 0 Å². The predicted octanol–water partition coefficient (Wildman–Crippen LogP) is 2.18. The summed E-state index contributed by atoms with van der Waals surface area (Å²) in [4.78, 5) is 12.6. The van der Waals surface area contributed by atoms with Crippen molar-refractivity contribution in [3.8, 4) is 34.5 Å². The average Bonchev–Trinajstić information content (AvgIpc) is 2.53. The number of fused-ring (bicyclic) bond motifs is 1. The minimum atomic E-state index is -0.503. The zero-order valence-corrected chi connectivity index (χ0v) is 12.6. The normalized spacial score (nSPS) is 15.0. The van der Waals surface area contributed by atoms with Gasteiger partial charge in [0.05, 0.1) is 7.11 Å². The van der Waals surface area contributed by atoms with Crippen LogP contribution in [0.2, 0.25) is 0 Å². The predicted molar refractivity (Wildman–Crippen MR) is 83.9 cm³/mol. The van der Waals surface area contributed by atoms with E-state index in [0.29, 0.717) is 5.56 Å². The van der Waals surface area contributed by atoms with Crippen LogP contribution in [0.4, 0.5) is 0 Å². The fourth-order valence-corrected chi connectivity index (χ4v) is 2.47. The Bertz CT molecular complexity index is 868. The van der Waals surface area contributed by atoms with Gasteiger partial charge in [0.25, 0.3) is 0 Å². The number of ether oxygens (including phenoxy) is 2. The van der Waals surface area contributed by atoms with Crippen molar-refractivity contribution in [2.75, 3.05) is 13.7 Å². The van der Waals surface area contributed by atoms with Crippen LogP contribution >= 0.6 is 0 Å². The van der Waals surface area contributed by atoms with Gasteiger partial charge in [-0.1, -0.05) is 6.07 Å². The van der Waals surface area contributed by atoms with E-state index >= 15 is 0 Å². The lowest BCUT2D eigenvalue weighted by Crippen LogP contribution is -2.19. The summed E-state index contributed by atoms with van der Waals surface area (Å²) in [5.41, 5.74) is 0.603. The van der Waals surface area contributed by atoms with Crippen molar-refractivity contribution < 1.29 is 34.7 Å². The molecule has 1 heterocycles. The fourth-order valence-electron chi connectivity index (χ4n) is 2.47. The number of ketones is 1. The van der Waals surface area contributed by atoms with Crippen molar-refractivity contribution in [2.45, 2.75) is 0 Å². The third-order valence-corrected chi connectivity index (χ3v) is 3.65. The van der Waals surface area contributed by atoms with Crippen LogP contribution in [0.25, 0.3) is 6.08 Å². The second kappa shape index (κ2) is 5.69. The smallest absolute Gasteiger partial charge is 0.203 e. The molecular weight excluding hydrogens is 316 g/mol. The summed E-state index contributed by atoms with van der Waals surface area (Å²) >= 11 is 0. The number of benzene rings is 2. The molecule has 24 heavy (non-hydrogen) atoms. The molecule has 0 fully saturated rings. The number of phenols is 4. The first-order valence-electron chi connectivity index (χ1n) is 6.95. The van der Waals surface area contributed by atoms with Crippen LogP contribution in [-0.2, 0) is 0 Å². The van der Waals surface area contributed by atoms with E-state index in [9.17, 15) is 25.2 Å². The molecule has 0 spiro atoms. The number of carbonyl (C=O) groups excluding carboxylic acids is 1. The van der Waals surface area contributed by atoms with Crippen LogP contribution < -0.4 is 9.47 Å². The highest BCUT2D eigenvalue weighted by molar-refractivity contribution is 6.16. The Kier molecular flexibility index (Phi) is 3.69. The van der Waals surface area contributed by atoms with E-state index in [1.54, 1.807) is 0 Å². The molecule has 2 aromatic rings. The third kappa shape index (κ3) is 2.45. The molecule has 7 heteroatoms. The van der Waals surface area contributed by atoms with Gasteiger partial charge in [-0.3, -0.25) is 4.79 Å². The molecule has 0 saturated carbocycles. The van der Waals surface area contributed by atoms with Crippen molar-refractivity contribution in [1.82, 2.24) is 0 Å². The maximum atomic E-state index is 12.6. The largest absolute Gasteiger partial charge is 0.504 e. The summed E-state index contributed by atoms with van der Waals surface area (Å²) in [6, 6.07) is 5.31. The zero-order valence-electron chi connectivity index (χ0n) is 12.6. The molecule has 7 nitrogen and oxygen atoms in total. The Morgan fingerprint density at radius 2 is 1.83 bits per heavy atom. The Morgan fingerprint density at radius 3 is 2.50 bits per heavy atom. The Labute approximate surface area is 136 Å². The van der Waals surface area contributed by atoms with Crippen molar-refractivity contribution in [1.29, 1.82) is 0 Å². The molecule has 0 aliphatic carbocycles. The minimum Gasteiger partial charge on any atom is -0.504 e. The summed E-state index contributed by atoms with van der Waals surface area (Å²) < 4.78 is 10.3. The summed E-state index contributed by atoms with van der Waals surface area (Å²) in [7, 11) is 1.26. The van der Waals surface area contributed by atoms with E-state index < -0.39 is 11.5 Å². The molecule has 1 aliphatic rings. The van der Waals surface area contributed by atoms with Gasteiger partial charge >= 0.3 is 0 Å². The average molecular weight is 330 g/mol. The topological polar surface area (TPSA) is 116 Å². The summed E-state index contributed by atoms with van der Waals surface area (Å²) in [6.45, 7) is -0.0708. The first-order chi connectivity index (χ1) is 11.4. The van der Waals surface area contributed by atoms with Gasteiger partial charge in [-0.05, 0) is 23.8 Å². The molecule has 0 radical (unpaired) electrons. The van der Waals surface area contributed by atoms with Crippen molar-refractivity contribution in [3.05, 3.63) is 41.0 Å². The Hall–Kier alpha value is -3.35. The highest BCUT2D eigenvalue weighted by Gasteiger charge is 2.30. The van der Waals surface area contributed by atoms with Crippen LogP contribution in [0.1, 0.15) is 15.9 Å². The van der Waals surface area contributed by atoms with Crippen molar-refractivity contribution >= 4 is 11.9 Å². The molecule has 0 aromatic heterocycles. The summed E-state index contributed by atoms with van der Waals surface area (Å²) in [6.07, 6.45) is 1.48. The van der Waals surface area contributed by atoms with E-state index in [1.165, 1.54) is 37.5 Å². The number of Topliss-reactive ketones (excluding diaryl/α,β-unsaturated/α-hetero) is 1. The number of methoxy groups -OCH3 is 1. The van der Waals surface area contributed by atoms with Crippen LogP contribution in [0.3, 0.4) is 0 Å². The third-order valence-electron chi connectivity index (χ3n) is 3.65. The fraction of sp³-hybridized carbons (Fsp3) is 0.118. The number of phenolic OH excluding ortho intramolecular Hbond substituents is 4. The maximum absolute atomic E-state index is 12.6. The zero-order chi connectivity index (χ0) is 17.4. The number of hydrogen-bond acceptors (Lipinski definition) is 7. The molecule has 0 bridgehead atoms. The quantitative estimate of drug-likeness (QED) is 0.492. The number of rotatable bonds is 2. The summed E-state index contributed by atoms with van der Waals surface area (Å²) in [5.74, 6) is -2.07. The summed E-state index contributed by atoms with van der Waals surface area (Å²) in [5, 5.41) is 38.7. The molecular formula is C17H14O7. The maximum Gasteiger partial charge on any atom is 0.203 e. The molecule has 124 valence electrons. The van der Waals surface area contributed by atoms with E-state index in [0.717, 1.165) is 0 Å². The van der Waals surface area contributed by atoms with Crippen LogP contribution in [0.15, 0.2) is 29.8 Å². The van der Waals surface area contributed by atoms with E-state index in [4.69, 9.17) is 9.47 Å². The van der Waals surface area contributed by atoms with Gasteiger partial charge in [-0.25, -0.2) is 0 Å². The molecule has 4 N–H and O–H groups in total. The number of aromatic hydroxyl groups is 4. The van der Waals surface area contributed by atoms with E-state index in [2.05, 4.69) is 0 Å². The van der Waals surface area contributed by atoms with Gasteiger partial charge in [0.2, 0.25) is 5.75 Å². The van der Waals surface area contributed by atoms with Gasteiger partial charge in [0.15, 0.2) is 28.8 Å². The second-order valence-electron chi connectivity index (χ2n) is 5.19. The Balaban J connectivity index is 2.06. The number of hydrogen-bond donors (Lipinski definition) is 4. The molecule has 0 amide bonds. The molecule has 1 aliphatic heterocycles. The highest BCUT2D eigenvalue weighted by Crippen LogP contribution is 2.46. The van der Waals surface area contributed by atoms with Gasteiger partial charge in [-0.2, -0.15) is 0 Å². The SMILES string of the molecule is COc1c(O)cc2c(c1O)C(=O)C(=Cc1ccc(O)c(O)c1)CO2. The van der Waals surface area contributed by atoms with Crippen molar-refractivity contribution in [3.63, 3.8) is 0 Å². The van der Waals surface area contributed by atoms with Gasteiger partial charge in [0, 0.05) is 11.6 Å². The van der Waals surface area contributed by atoms with E-state index in [-0.39, 0.29) is 46.5 Å².